The van der Waals surface area contributed by atoms with Gasteiger partial charge in [0.1, 0.15) is 17.5 Å². The van der Waals surface area contributed by atoms with Gasteiger partial charge in [0, 0.05) is 12.1 Å². The third-order valence-electron chi connectivity index (χ3n) is 4.08. The van der Waals surface area contributed by atoms with Gasteiger partial charge >= 0.3 is 0 Å². The molecule has 0 unspecified atom stereocenters. The van der Waals surface area contributed by atoms with E-state index >= 15 is 0 Å². The first-order valence-electron chi connectivity index (χ1n) is 8.29. The molecule has 0 saturated carbocycles. The highest BCUT2D eigenvalue weighted by molar-refractivity contribution is 5.84. The van der Waals surface area contributed by atoms with E-state index in [1.165, 1.54) is 11.9 Å². The Morgan fingerprint density at radius 1 is 1.20 bits per heavy atom. The van der Waals surface area contributed by atoms with Crippen molar-refractivity contribution in [3.63, 3.8) is 0 Å². The number of rotatable bonds is 7. The summed E-state index contributed by atoms with van der Waals surface area (Å²) in [4.78, 5) is 20.1. The molecule has 0 bridgehead atoms. The molecule has 0 spiro atoms. The number of hydrogen-bond donors (Lipinski definition) is 1. The Labute approximate surface area is 146 Å². The minimum absolute atomic E-state index is 0.0822. The average molecular weight is 339 g/mol. The van der Waals surface area contributed by atoms with Gasteiger partial charge in [-0.15, -0.1) is 0 Å². The van der Waals surface area contributed by atoms with Gasteiger partial charge in [0.15, 0.2) is 6.61 Å². The lowest BCUT2D eigenvalue weighted by Crippen LogP contribution is -2.30. The van der Waals surface area contributed by atoms with Gasteiger partial charge in [-0.05, 0) is 32.3 Å². The second-order valence-electron chi connectivity index (χ2n) is 5.87. The van der Waals surface area contributed by atoms with Crippen LogP contribution in [0.2, 0.25) is 0 Å². The van der Waals surface area contributed by atoms with Crippen molar-refractivity contribution in [1.82, 2.24) is 15.3 Å². The van der Waals surface area contributed by atoms with Gasteiger partial charge in [0.05, 0.1) is 0 Å². The van der Waals surface area contributed by atoms with Crippen molar-refractivity contribution >= 4 is 17.0 Å². The fraction of sp³-hybridized carbons (Fsp3) is 0.316. The number of aromatic nitrogens is 2. The van der Waals surface area contributed by atoms with E-state index < -0.39 is 0 Å². The number of amides is 1. The normalized spacial score (nSPS) is 10.8. The number of fused-ring (bicyclic) bond motifs is 1. The van der Waals surface area contributed by atoms with Crippen LogP contribution in [0.15, 0.2) is 41.1 Å². The quantitative estimate of drug-likeness (QED) is 0.670. The number of aryl methyl sites for hydroxylation is 3. The third kappa shape index (κ3) is 4.15. The van der Waals surface area contributed by atoms with Crippen molar-refractivity contribution in [2.45, 2.75) is 26.7 Å². The first-order chi connectivity index (χ1) is 12.1. The van der Waals surface area contributed by atoms with E-state index in [1.807, 2.05) is 32.0 Å². The molecule has 25 heavy (non-hydrogen) atoms. The molecule has 0 aliphatic heterocycles. The Morgan fingerprint density at radius 2 is 2.00 bits per heavy atom. The van der Waals surface area contributed by atoms with E-state index in [0.29, 0.717) is 18.1 Å². The Morgan fingerprint density at radius 3 is 2.80 bits per heavy atom. The summed E-state index contributed by atoms with van der Waals surface area (Å²) in [6.07, 6.45) is 3.19. The molecule has 130 valence electrons. The maximum Gasteiger partial charge on any atom is 0.258 e. The molecule has 1 amide bonds. The molecule has 0 radical (unpaired) electrons. The third-order valence-corrected chi connectivity index (χ3v) is 4.08. The van der Waals surface area contributed by atoms with Gasteiger partial charge in [-0.25, -0.2) is 9.97 Å². The van der Waals surface area contributed by atoms with E-state index in [1.54, 1.807) is 0 Å². The van der Waals surface area contributed by atoms with E-state index in [0.717, 1.165) is 29.6 Å². The van der Waals surface area contributed by atoms with Crippen LogP contribution >= 0.6 is 0 Å². The van der Waals surface area contributed by atoms with Crippen LogP contribution in [0.1, 0.15) is 23.3 Å². The van der Waals surface area contributed by atoms with E-state index in [4.69, 9.17) is 9.15 Å². The Bertz CT molecular complexity index is 859. The Hall–Kier alpha value is -2.89. The summed E-state index contributed by atoms with van der Waals surface area (Å²) in [6, 6.07) is 10.2. The molecule has 2 heterocycles. The fourth-order valence-electron chi connectivity index (χ4n) is 2.61. The zero-order valence-corrected chi connectivity index (χ0v) is 14.4. The van der Waals surface area contributed by atoms with Gasteiger partial charge in [0.2, 0.25) is 11.6 Å². The predicted molar refractivity (Wildman–Crippen MR) is 94.5 cm³/mol. The molecule has 0 saturated heterocycles. The van der Waals surface area contributed by atoms with Crippen molar-refractivity contribution in [2.24, 2.45) is 0 Å². The Kier molecular flexibility index (Phi) is 5.28. The minimum atomic E-state index is -0.169. The summed E-state index contributed by atoms with van der Waals surface area (Å²) in [5.41, 5.74) is 2.67. The second kappa shape index (κ2) is 7.79. The summed E-state index contributed by atoms with van der Waals surface area (Å²) in [5.74, 6) is 0.974. The van der Waals surface area contributed by atoms with Crippen LogP contribution in [0.4, 0.5) is 0 Å². The first-order valence-corrected chi connectivity index (χ1v) is 8.29. The maximum atomic E-state index is 12.0. The van der Waals surface area contributed by atoms with Gasteiger partial charge < -0.3 is 14.5 Å². The summed E-state index contributed by atoms with van der Waals surface area (Å²) in [5, 5.41) is 3.58. The average Bonchev–Trinajstić information content (AvgIpc) is 2.93. The SMILES string of the molecule is Cc1oc2ncnc(OCC(=O)NCCCc3ccccc3)c2c1C. The minimum Gasteiger partial charge on any atom is -0.467 e. The largest absolute Gasteiger partial charge is 0.467 e. The van der Waals surface area contributed by atoms with Crippen LogP contribution in [0.3, 0.4) is 0 Å². The summed E-state index contributed by atoms with van der Waals surface area (Å²) >= 11 is 0. The number of hydrogen-bond acceptors (Lipinski definition) is 5. The zero-order valence-electron chi connectivity index (χ0n) is 14.4. The number of nitrogens with one attached hydrogen (secondary N) is 1. The topological polar surface area (TPSA) is 77.2 Å². The molecule has 3 rings (SSSR count). The van der Waals surface area contributed by atoms with Crippen molar-refractivity contribution < 1.29 is 13.9 Å². The number of carbonyl (C=O) groups excluding carboxylic acids is 1. The molecule has 6 nitrogen and oxygen atoms in total. The highest BCUT2D eigenvalue weighted by Gasteiger charge is 2.15. The van der Waals surface area contributed by atoms with Crippen LogP contribution < -0.4 is 10.1 Å². The molecule has 0 atom stereocenters. The highest BCUT2D eigenvalue weighted by atomic mass is 16.5. The molecule has 2 aromatic heterocycles. The lowest BCUT2D eigenvalue weighted by atomic mass is 10.1. The maximum absolute atomic E-state index is 12.0. The van der Waals surface area contributed by atoms with Crippen molar-refractivity contribution in [2.75, 3.05) is 13.2 Å². The highest BCUT2D eigenvalue weighted by Crippen LogP contribution is 2.29. The summed E-state index contributed by atoms with van der Waals surface area (Å²) in [6.45, 7) is 4.31. The number of ether oxygens (including phenoxy) is 1. The van der Waals surface area contributed by atoms with Crippen LogP contribution in [0.5, 0.6) is 5.88 Å². The van der Waals surface area contributed by atoms with Crippen molar-refractivity contribution in [1.29, 1.82) is 0 Å². The predicted octanol–water partition coefficient (Wildman–Crippen LogP) is 2.97. The van der Waals surface area contributed by atoms with Gasteiger partial charge in [-0.2, -0.15) is 0 Å². The van der Waals surface area contributed by atoms with Crippen LogP contribution in [-0.4, -0.2) is 29.0 Å². The zero-order chi connectivity index (χ0) is 17.6. The van der Waals surface area contributed by atoms with Gasteiger partial charge in [-0.3, -0.25) is 4.79 Å². The lowest BCUT2D eigenvalue weighted by molar-refractivity contribution is -0.123. The molecular formula is C19H21N3O3. The van der Waals surface area contributed by atoms with Crippen LogP contribution in [0, 0.1) is 13.8 Å². The summed E-state index contributed by atoms with van der Waals surface area (Å²) < 4.78 is 11.1. The molecule has 0 aliphatic carbocycles. The first kappa shape index (κ1) is 17.0. The lowest BCUT2D eigenvalue weighted by Gasteiger charge is -2.07. The monoisotopic (exact) mass is 339 g/mol. The van der Waals surface area contributed by atoms with Gasteiger partial charge in [0.25, 0.3) is 5.91 Å². The number of nitrogens with zero attached hydrogens (tertiary/aromatic N) is 2. The van der Waals surface area contributed by atoms with E-state index in [2.05, 4.69) is 27.4 Å². The molecule has 1 N–H and O–H groups in total. The fourth-order valence-corrected chi connectivity index (χ4v) is 2.61. The van der Waals surface area contributed by atoms with Crippen LogP contribution in [0.25, 0.3) is 11.1 Å². The van der Waals surface area contributed by atoms with Gasteiger partial charge in [-0.1, -0.05) is 30.3 Å². The van der Waals surface area contributed by atoms with Crippen molar-refractivity contribution in [3.8, 4) is 5.88 Å². The smallest absolute Gasteiger partial charge is 0.258 e. The number of carbonyl (C=O) groups is 1. The second-order valence-corrected chi connectivity index (χ2v) is 5.87. The summed E-state index contributed by atoms with van der Waals surface area (Å²) in [7, 11) is 0. The molecule has 0 fully saturated rings. The number of furan rings is 1. The van der Waals surface area contributed by atoms with E-state index in [9.17, 15) is 4.79 Å². The molecule has 3 aromatic rings. The van der Waals surface area contributed by atoms with Crippen molar-refractivity contribution in [3.05, 3.63) is 53.5 Å². The van der Waals surface area contributed by atoms with E-state index in [-0.39, 0.29) is 12.5 Å². The molecular weight excluding hydrogens is 318 g/mol. The molecule has 6 heteroatoms. The standard InChI is InChI=1S/C19H21N3O3/c1-13-14(2)25-19-17(13)18(21-12-22-19)24-11-16(23)20-10-6-9-15-7-4-3-5-8-15/h3-5,7-8,12H,6,9-11H2,1-2H3,(H,20,23). The Balaban J connectivity index is 1.48. The molecule has 0 aliphatic rings. The molecule has 1 aromatic carbocycles. The van der Waals surface area contributed by atoms with Crippen LogP contribution in [-0.2, 0) is 11.2 Å². The number of benzene rings is 1.